The molecule has 17 heavy (non-hydrogen) atoms. The van der Waals surface area contributed by atoms with Crippen molar-refractivity contribution in [2.45, 2.75) is 37.5 Å². The summed E-state index contributed by atoms with van der Waals surface area (Å²) in [5, 5.41) is 4.13. The number of nitrogens with one attached hydrogen (secondary N) is 2. The first-order valence-corrected chi connectivity index (χ1v) is 7.24. The normalized spacial score (nSPS) is 23.9. The minimum Gasteiger partial charge on any atom is -0.366 e. The molecule has 1 aliphatic rings. The number of H-pyrrole nitrogens is 1. The predicted molar refractivity (Wildman–Crippen MR) is 73.0 cm³/mol. The van der Waals surface area contributed by atoms with E-state index in [1.807, 2.05) is 11.8 Å². The molecule has 0 spiro atoms. The van der Waals surface area contributed by atoms with Gasteiger partial charge < -0.3 is 10.3 Å². The number of halogens is 1. The van der Waals surface area contributed by atoms with Gasteiger partial charge in [-0.05, 0) is 25.0 Å². The summed E-state index contributed by atoms with van der Waals surface area (Å²) in [5.74, 6) is 1.66. The lowest BCUT2D eigenvalue weighted by Crippen LogP contribution is -2.20. The van der Waals surface area contributed by atoms with E-state index in [0.29, 0.717) is 11.9 Å². The molecule has 0 saturated heterocycles. The third-order valence-corrected chi connectivity index (χ3v) is 4.51. The van der Waals surface area contributed by atoms with Crippen LogP contribution in [-0.2, 0) is 0 Å². The molecule has 2 N–H and O–H groups in total. The number of rotatable bonds is 4. The Morgan fingerprint density at radius 1 is 1.65 bits per heavy atom. The molecular weight excluding hydrogens is 258 g/mol. The Bertz CT molecular complexity index is 437. The van der Waals surface area contributed by atoms with E-state index in [-0.39, 0.29) is 10.6 Å². The fourth-order valence-corrected chi connectivity index (χ4v) is 3.44. The second kappa shape index (κ2) is 5.78. The molecule has 2 atom stereocenters. The van der Waals surface area contributed by atoms with Crippen molar-refractivity contribution in [2.75, 3.05) is 11.1 Å². The van der Waals surface area contributed by atoms with Crippen molar-refractivity contribution in [1.29, 1.82) is 0 Å². The topological polar surface area (TPSA) is 57.8 Å². The first-order valence-electron chi connectivity index (χ1n) is 5.82. The molecule has 1 aliphatic carbocycles. The Kier molecular flexibility index (Phi) is 4.34. The quantitative estimate of drug-likeness (QED) is 0.885. The summed E-state index contributed by atoms with van der Waals surface area (Å²) in [6, 6.07) is 0.380. The van der Waals surface area contributed by atoms with Crippen molar-refractivity contribution >= 4 is 29.2 Å². The number of aromatic nitrogens is 2. The lowest BCUT2D eigenvalue weighted by Gasteiger charge is -2.14. The molecule has 4 nitrogen and oxygen atoms in total. The van der Waals surface area contributed by atoms with Gasteiger partial charge in [0.15, 0.2) is 5.82 Å². The average Bonchev–Trinajstić information content (AvgIpc) is 2.73. The molecule has 2 rings (SSSR count). The smallest absolute Gasteiger partial charge is 0.271 e. The highest BCUT2D eigenvalue weighted by atomic mass is 35.5. The van der Waals surface area contributed by atoms with Gasteiger partial charge in [0.1, 0.15) is 5.02 Å². The molecule has 0 aromatic carbocycles. The summed E-state index contributed by atoms with van der Waals surface area (Å²) < 4.78 is 0. The van der Waals surface area contributed by atoms with Crippen LogP contribution in [0.3, 0.4) is 0 Å². The minimum atomic E-state index is -0.290. The number of hydrogen-bond acceptors (Lipinski definition) is 4. The molecule has 6 heteroatoms. The van der Waals surface area contributed by atoms with Crippen LogP contribution in [0.25, 0.3) is 0 Å². The standard InChI is InChI=1S/C11H16ClN3OS/c1-2-17-8-4-3-7(5-8)15-10-9(12)11(16)14-6-13-10/h6-8H,2-5H2,1H3,(H2,13,14,15,16). The third-order valence-electron chi connectivity index (χ3n) is 2.92. The maximum Gasteiger partial charge on any atom is 0.271 e. The van der Waals surface area contributed by atoms with E-state index in [1.165, 1.54) is 12.7 Å². The molecule has 0 amide bonds. The summed E-state index contributed by atoms with van der Waals surface area (Å²) in [5.41, 5.74) is -0.290. The predicted octanol–water partition coefficient (Wildman–Crippen LogP) is 2.51. The van der Waals surface area contributed by atoms with Crippen molar-refractivity contribution in [3.05, 3.63) is 21.7 Å². The van der Waals surface area contributed by atoms with Gasteiger partial charge in [-0.1, -0.05) is 18.5 Å². The zero-order valence-electron chi connectivity index (χ0n) is 9.70. The van der Waals surface area contributed by atoms with Gasteiger partial charge in [-0.15, -0.1) is 0 Å². The van der Waals surface area contributed by atoms with Gasteiger partial charge in [-0.3, -0.25) is 4.79 Å². The van der Waals surface area contributed by atoms with Crippen molar-refractivity contribution < 1.29 is 0 Å². The van der Waals surface area contributed by atoms with Gasteiger partial charge in [-0.25, -0.2) is 4.98 Å². The van der Waals surface area contributed by atoms with E-state index in [9.17, 15) is 4.79 Å². The number of thioether (sulfide) groups is 1. The summed E-state index contributed by atoms with van der Waals surface area (Å²) in [6.45, 7) is 2.18. The Hall–Kier alpha value is -0.680. The Balaban J connectivity index is 1.98. The number of nitrogens with zero attached hydrogens (tertiary/aromatic N) is 1. The second-order valence-corrected chi connectivity index (χ2v) is 6.08. The minimum absolute atomic E-state index is 0.152. The van der Waals surface area contributed by atoms with Crippen molar-refractivity contribution in [1.82, 2.24) is 9.97 Å². The maximum absolute atomic E-state index is 11.3. The molecule has 0 radical (unpaired) electrons. The van der Waals surface area contributed by atoms with Crippen LogP contribution in [0.5, 0.6) is 0 Å². The summed E-state index contributed by atoms with van der Waals surface area (Å²) in [7, 11) is 0. The van der Waals surface area contributed by atoms with Gasteiger partial charge in [0.05, 0.1) is 6.33 Å². The second-order valence-electron chi connectivity index (χ2n) is 4.13. The molecular formula is C11H16ClN3OS. The van der Waals surface area contributed by atoms with Crippen LogP contribution in [0.1, 0.15) is 26.2 Å². The highest BCUT2D eigenvalue weighted by Crippen LogP contribution is 2.31. The Morgan fingerprint density at radius 3 is 3.24 bits per heavy atom. The largest absolute Gasteiger partial charge is 0.366 e. The number of anilines is 1. The van der Waals surface area contributed by atoms with Crippen LogP contribution in [0.2, 0.25) is 5.02 Å². The van der Waals surface area contributed by atoms with Crippen molar-refractivity contribution in [2.24, 2.45) is 0 Å². The van der Waals surface area contributed by atoms with Crippen molar-refractivity contribution in [3.63, 3.8) is 0 Å². The van der Waals surface area contributed by atoms with Gasteiger partial charge in [0.25, 0.3) is 5.56 Å². The van der Waals surface area contributed by atoms with Crippen LogP contribution in [-0.4, -0.2) is 27.0 Å². The Labute approximate surface area is 110 Å². The fraction of sp³-hybridized carbons (Fsp3) is 0.636. The van der Waals surface area contributed by atoms with Crippen molar-refractivity contribution in [3.8, 4) is 0 Å². The van der Waals surface area contributed by atoms with Crippen LogP contribution < -0.4 is 10.9 Å². The van der Waals surface area contributed by atoms with Gasteiger partial charge in [0.2, 0.25) is 0 Å². The average molecular weight is 274 g/mol. The Morgan fingerprint density at radius 2 is 2.47 bits per heavy atom. The van der Waals surface area contributed by atoms with E-state index >= 15 is 0 Å². The lowest BCUT2D eigenvalue weighted by atomic mass is 10.2. The summed E-state index contributed by atoms with van der Waals surface area (Å²) in [4.78, 5) is 17.8. The number of hydrogen-bond donors (Lipinski definition) is 2. The molecule has 1 aromatic heterocycles. The number of aromatic amines is 1. The molecule has 2 unspecified atom stereocenters. The monoisotopic (exact) mass is 273 g/mol. The van der Waals surface area contributed by atoms with E-state index < -0.39 is 0 Å². The fourth-order valence-electron chi connectivity index (χ4n) is 2.14. The van der Waals surface area contributed by atoms with Crippen LogP contribution >= 0.6 is 23.4 Å². The molecule has 1 fully saturated rings. The first kappa shape index (κ1) is 12.8. The molecule has 0 bridgehead atoms. The zero-order valence-corrected chi connectivity index (χ0v) is 11.3. The molecule has 1 saturated carbocycles. The lowest BCUT2D eigenvalue weighted by molar-refractivity contribution is 0.750. The molecule has 94 valence electrons. The van der Waals surface area contributed by atoms with E-state index in [2.05, 4.69) is 22.2 Å². The van der Waals surface area contributed by atoms with Crippen LogP contribution in [0, 0.1) is 0 Å². The summed E-state index contributed by atoms with van der Waals surface area (Å²) in [6.07, 6.45) is 4.83. The highest BCUT2D eigenvalue weighted by molar-refractivity contribution is 7.99. The van der Waals surface area contributed by atoms with E-state index in [4.69, 9.17) is 11.6 Å². The van der Waals surface area contributed by atoms with Crippen LogP contribution in [0.15, 0.2) is 11.1 Å². The molecule has 0 aliphatic heterocycles. The third kappa shape index (κ3) is 3.16. The molecule has 1 aromatic rings. The first-order chi connectivity index (χ1) is 8.20. The van der Waals surface area contributed by atoms with Crippen LogP contribution in [0.4, 0.5) is 5.82 Å². The highest BCUT2D eigenvalue weighted by Gasteiger charge is 2.25. The van der Waals surface area contributed by atoms with Gasteiger partial charge in [-0.2, -0.15) is 11.8 Å². The maximum atomic E-state index is 11.3. The van der Waals surface area contributed by atoms with E-state index in [1.54, 1.807) is 0 Å². The van der Waals surface area contributed by atoms with Gasteiger partial charge in [0, 0.05) is 11.3 Å². The van der Waals surface area contributed by atoms with E-state index in [0.717, 1.165) is 23.8 Å². The van der Waals surface area contributed by atoms with Gasteiger partial charge >= 0.3 is 0 Å². The SMILES string of the molecule is CCSC1CCC(Nc2nc[nH]c(=O)c2Cl)C1. The molecule has 1 heterocycles. The summed E-state index contributed by atoms with van der Waals surface area (Å²) >= 11 is 7.89. The zero-order chi connectivity index (χ0) is 12.3.